The molecule has 1 aliphatic heterocycles. The molecular weight excluding hydrogens is 468 g/mol. The summed E-state index contributed by atoms with van der Waals surface area (Å²) in [5.41, 5.74) is 1.95. The van der Waals surface area contributed by atoms with E-state index in [0.717, 1.165) is 35.1 Å². The Bertz CT molecular complexity index is 1300. The Labute approximate surface area is 195 Å². The molecule has 0 radical (unpaired) electrons. The van der Waals surface area contributed by atoms with Gasteiger partial charge >= 0.3 is 0 Å². The lowest BCUT2D eigenvalue weighted by Crippen LogP contribution is -2.41. The second-order valence-electron chi connectivity index (χ2n) is 8.10. The van der Waals surface area contributed by atoms with E-state index < -0.39 is 21.7 Å². The molecule has 0 bridgehead atoms. The average Bonchev–Trinajstić information content (AvgIpc) is 3.23. The number of aryl methyl sites for hydroxylation is 2. The van der Waals surface area contributed by atoms with E-state index in [2.05, 4.69) is 10.3 Å². The lowest BCUT2D eigenvalue weighted by atomic mass is 9.97. The van der Waals surface area contributed by atoms with E-state index in [4.69, 9.17) is 0 Å². The number of piperidine rings is 1. The van der Waals surface area contributed by atoms with Crippen LogP contribution in [0.4, 0.5) is 13.9 Å². The Morgan fingerprint density at radius 3 is 2.55 bits per heavy atom. The molecule has 6 nitrogen and oxygen atoms in total. The number of aromatic nitrogens is 1. The summed E-state index contributed by atoms with van der Waals surface area (Å²) >= 11 is 1.12. The molecule has 10 heteroatoms. The van der Waals surface area contributed by atoms with E-state index >= 15 is 0 Å². The highest BCUT2D eigenvalue weighted by Crippen LogP contribution is 2.30. The van der Waals surface area contributed by atoms with Gasteiger partial charge in [0, 0.05) is 30.0 Å². The predicted octanol–water partition coefficient (Wildman–Crippen LogP) is 4.74. The van der Waals surface area contributed by atoms with Crippen LogP contribution in [-0.4, -0.2) is 36.7 Å². The normalized spacial score (nSPS) is 15.5. The maximum atomic E-state index is 14.0. The van der Waals surface area contributed by atoms with Gasteiger partial charge in [-0.2, -0.15) is 4.31 Å². The van der Waals surface area contributed by atoms with Crippen LogP contribution in [0.15, 0.2) is 46.7 Å². The van der Waals surface area contributed by atoms with E-state index in [-0.39, 0.29) is 46.2 Å². The largest absolute Gasteiger partial charge is 0.302 e. The van der Waals surface area contributed by atoms with Gasteiger partial charge in [-0.1, -0.05) is 17.7 Å². The van der Waals surface area contributed by atoms with Crippen LogP contribution in [0, 0.1) is 31.4 Å². The van der Waals surface area contributed by atoms with Crippen LogP contribution in [-0.2, 0) is 14.8 Å². The molecule has 2 heterocycles. The van der Waals surface area contributed by atoms with Crippen molar-refractivity contribution in [2.24, 2.45) is 5.92 Å². The number of amides is 1. The first-order valence-electron chi connectivity index (χ1n) is 10.4. The van der Waals surface area contributed by atoms with Gasteiger partial charge in [-0.15, -0.1) is 11.3 Å². The Kier molecular flexibility index (Phi) is 6.60. The lowest BCUT2D eigenvalue weighted by Gasteiger charge is -2.30. The molecule has 1 saturated heterocycles. The van der Waals surface area contributed by atoms with E-state index in [9.17, 15) is 22.0 Å². The zero-order chi connectivity index (χ0) is 23.8. The first-order valence-corrected chi connectivity index (χ1v) is 12.8. The molecule has 1 aromatic heterocycles. The van der Waals surface area contributed by atoms with Crippen LogP contribution in [0.2, 0.25) is 0 Å². The number of hydrogen-bond acceptors (Lipinski definition) is 5. The summed E-state index contributed by atoms with van der Waals surface area (Å²) in [6.07, 6.45) is 0.763. The van der Waals surface area contributed by atoms with Crippen molar-refractivity contribution in [2.45, 2.75) is 31.6 Å². The molecule has 174 valence electrons. The number of halogens is 2. The second-order valence-corrected chi connectivity index (χ2v) is 10.9. The van der Waals surface area contributed by atoms with Crippen molar-refractivity contribution >= 4 is 32.4 Å². The van der Waals surface area contributed by atoms with Gasteiger partial charge in [0.2, 0.25) is 15.9 Å². The number of benzene rings is 2. The molecule has 2 aromatic carbocycles. The minimum absolute atomic E-state index is 0.0247. The average molecular weight is 492 g/mol. The zero-order valence-corrected chi connectivity index (χ0v) is 19.8. The molecule has 4 rings (SSSR count). The van der Waals surface area contributed by atoms with Crippen molar-refractivity contribution in [1.29, 1.82) is 0 Å². The van der Waals surface area contributed by atoms with Gasteiger partial charge in [0.1, 0.15) is 11.6 Å². The number of nitrogens with one attached hydrogen (secondary N) is 1. The third-order valence-electron chi connectivity index (χ3n) is 5.71. The number of carbonyl (C=O) groups is 1. The van der Waals surface area contributed by atoms with Gasteiger partial charge in [-0.25, -0.2) is 22.2 Å². The van der Waals surface area contributed by atoms with Crippen LogP contribution < -0.4 is 5.32 Å². The Morgan fingerprint density at radius 1 is 1.12 bits per heavy atom. The summed E-state index contributed by atoms with van der Waals surface area (Å²) in [4.78, 5) is 17.2. The third kappa shape index (κ3) is 4.97. The Hall–Kier alpha value is -2.69. The number of sulfonamides is 1. The number of carbonyl (C=O) groups excluding carboxylic acids is 1. The van der Waals surface area contributed by atoms with Crippen LogP contribution in [0.25, 0.3) is 11.3 Å². The topological polar surface area (TPSA) is 79.4 Å². The van der Waals surface area contributed by atoms with E-state index in [1.54, 1.807) is 24.4 Å². The summed E-state index contributed by atoms with van der Waals surface area (Å²) in [6.45, 7) is 4.17. The smallest absolute Gasteiger partial charge is 0.243 e. The Balaban J connectivity index is 1.39. The number of thiazole rings is 1. The molecule has 0 unspecified atom stereocenters. The number of rotatable bonds is 5. The number of nitrogens with zero attached hydrogens (tertiary/aromatic N) is 2. The molecule has 0 saturated carbocycles. The highest BCUT2D eigenvalue weighted by Gasteiger charge is 2.33. The van der Waals surface area contributed by atoms with E-state index in [1.807, 2.05) is 13.0 Å². The van der Waals surface area contributed by atoms with Gasteiger partial charge in [0.15, 0.2) is 5.13 Å². The first kappa shape index (κ1) is 23.5. The number of anilines is 1. The molecule has 0 aliphatic carbocycles. The maximum Gasteiger partial charge on any atom is 0.243 e. The van der Waals surface area contributed by atoms with Gasteiger partial charge in [-0.3, -0.25) is 4.79 Å². The van der Waals surface area contributed by atoms with Crippen molar-refractivity contribution in [3.63, 3.8) is 0 Å². The fourth-order valence-electron chi connectivity index (χ4n) is 3.94. The summed E-state index contributed by atoms with van der Waals surface area (Å²) in [5, 5.41) is 4.55. The van der Waals surface area contributed by atoms with Crippen LogP contribution >= 0.6 is 11.3 Å². The zero-order valence-electron chi connectivity index (χ0n) is 18.1. The molecule has 33 heavy (non-hydrogen) atoms. The van der Waals surface area contributed by atoms with Crippen LogP contribution in [0.5, 0.6) is 0 Å². The summed E-state index contributed by atoms with van der Waals surface area (Å²) in [5.74, 6) is -1.81. The molecule has 0 atom stereocenters. The molecule has 3 aromatic rings. The van der Waals surface area contributed by atoms with E-state index in [0.29, 0.717) is 18.4 Å². The maximum absolute atomic E-state index is 14.0. The SMILES string of the molecule is Cc1ccc(S(=O)(=O)N2CCC(C(=O)Nc3nc(-c4cc(F)ccc4F)cs3)CC2)c(C)c1. The predicted molar refractivity (Wildman–Crippen MR) is 123 cm³/mol. The minimum atomic E-state index is -3.63. The van der Waals surface area contributed by atoms with Gasteiger partial charge in [0.25, 0.3) is 0 Å². The standard InChI is InChI=1S/C23H23F2N3O3S2/c1-14-3-6-21(15(2)11-14)33(30,31)28-9-7-16(8-10-28)22(29)27-23-26-20(13-32-23)18-12-17(24)4-5-19(18)25/h3-6,11-13,16H,7-10H2,1-2H3,(H,26,27,29). The van der Waals surface area contributed by atoms with Crippen molar-refractivity contribution in [3.8, 4) is 11.3 Å². The van der Waals surface area contributed by atoms with Crippen molar-refractivity contribution < 1.29 is 22.0 Å². The molecule has 1 fully saturated rings. The summed E-state index contributed by atoms with van der Waals surface area (Å²) < 4.78 is 54.9. The first-order chi connectivity index (χ1) is 15.6. The van der Waals surface area contributed by atoms with Gasteiger partial charge in [0.05, 0.1) is 10.6 Å². The lowest BCUT2D eigenvalue weighted by molar-refractivity contribution is -0.120. The van der Waals surface area contributed by atoms with Crippen molar-refractivity contribution in [3.05, 3.63) is 64.5 Å². The molecule has 1 N–H and O–H groups in total. The monoisotopic (exact) mass is 491 g/mol. The Morgan fingerprint density at radius 2 is 1.85 bits per heavy atom. The highest BCUT2D eigenvalue weighted by molar-refractivity contribution is 7.89. The highest BCUT2D eigenvalue weighted by atomic mass is 32.2. The number of hydrogen-bond donors (Lipinski definition) is 1. The van der Waals surface area contributed by atoms with E-state index in [1.165, 1.54) is 4.31 Å². The summed E-state index contributed by atoms with van der Waals surface area (Å²) in [6, 6.07) is 8.36. The van der Waals surface area contributed by atoms with Crippen LogP contribution in [0.1, 0.15) is 24.0 Å². The third-order valence-corrected chi connectivity index (χ3v) is 8.53. The molecule has 1 aliphatic rings. The fraction of sp³-hybridized carbons (Fsp3) is 0.304. The van der Waals surface area contributed by atoms with Gasteiger partial charge in [-0.05, 0) is 56.5 Å². The molecule has 0 spiro atoms. The fourth-order valence-corrected chi connectivity index (χ4v) is 6.33. The molecular formula is C23H23F2N3O3S2. The van der Waals surface area contributed by atoms with Crippen molar-refractivity contribution in [1.82, 2.24) is 9.29 Å². The van der Waals surface area contributed by atoms with Gasteiger partial charge < -0.3 is 5.32 Å². The van der Waals surface area contributed by atoms with Crippen LogP contribution in [0.3, 0.4) is 0 Å². The quantitative estimate of drug-likeness (QED) is 0.559. The molecule has 1 amide bonds. The van der Waals surface area contributed by atoms with Crippen molar-refractivity contribution in [2.75, 3.05) is 18.4 Å². The minimum Gasteiger partial charge on any atom is -0.302 e. The summed E-state index contributed by atoms with van der Waals surface area (Å²) in [7, 11) is -3.63. The second kappa shape index (κ2) is 9.28.